The molecule has 2 aromatic rings. The summed E-state index contributed by atoms with van der Waals surface area (Å²) in [5.74, 6) is 0. The Hall–Kier alpha value is -2.33. The molecule has 156 valence electrons. The smallest absolute Gasteiger partial charge is 0.407 e. The zero-order chi connectivity index (χ0) is 20.7. The summed E-state index contributed by atoms with van der Waals surface area (Å²) in [6.45, 7) is 7.59. The van der Waals surface area contributed by atoms with Gasteiger partial charge in [-0.25, -0.2) is 4.79 Å². The lowest BCUT2D eigenvalue weighted by atomic mass is 9.89. The van der Waals surface area contributed by atoms with Gasteiger partial charge >= 0.3 is 6.09 Å². The fourth-order valence-corrected chi connectivity index (χ4v) is 4.01. The van der Waals surface area contributed by atoms with Gasteiger partial charge in [-0.1, -0.05) is 60.7 Å². The molecule has 2 aromatic carbocycles. The second-order valence-electron chi connectivity index (χ2n) is 9.03. The Kier molecular flexibility index (Phi) is 7.32. The normalized spacial score (nSPS) is 19.7. The zero-order valence-corrected chi connectivity index (χ0v) is 17.9. The molecule has 29 heavy (non-hydrogen) atoms. The summed E-state index contributed by atoms with van der Waals surface area (Å²) in [5, 5.41) is 3.05. The Morgan fingerprint density at radius 2 is 1.38 bits per heavy atom. The van der Waals surface area contributed by atoms with E-state index in [2.05, 4.69) is 70.9 Å². The van der Waals surface area contributed by atoms with Crippen LogP contribution in [0.25, 0.3) is 0 Å². The average molecular weight is 395 g/mol. The van der Waals surface area contributed by atoms with Crippen LogP contribution in [0.15, 0.2) is 60.7 Å². The summed E-state index contributed by atoms with van der Waals surface area (Å²) in [6.07, 6.45) is 3.85. The van der Waals surface area contributed by atoms with Gasteiger partial charge in [0.05, 0.1) is 0 Å². The van der Waals surface area contributed by atoms with E-state index in [1.54, 1.807) is 0 Å². The minimum absolute atomic E-state index is 0.205. The molecule has 0 bridgehead atoms. The Morgan fingerprint density at radius 1 is 0.897 bits per heavy atom. The van der Waals surface area contributed by atoms with E-state index >= 15 is 0 Å². The van der Waals surface area contributed by atoms with Crippen molar-refractivity contribution in [2.45, 2.75) is 77.2 Å². The van der Waals surface area contributed by atoms with Gasteiger partial charge in [0.1, 0.15) is 5.60 Å². The highest BCUT2D eigenvalue weighted by molar-refractivity contribution is 5.68. The van der Waals surface area contributed by atoms with Gasteiger partial charge in [0.2, 0.25) is 0 Å². The van der Waals surface area contributed by atoms with Crippen LogP contribution in [0.5, 0.6) is 0 Å². The number of nitrogens with one attached hydrogen (secondary N) is 1. The standard InChI is InChI=1S/C25H34N2O2/c1-25(2,3)29-24(28)26-22-14-16-23(17-15-22)27(18-20-10-6-4-7-11-20)19-21-12-8-5-9-13-21/h4-13,22-23H,14-19H2,1-3H3,(H,26,28)/t22-,23+. The number of hydrogen-bond donors (Lipinski definition) is 1. The lowest BCUT2D eigenvalue weighted by Crippen LogP contribution is -2.44. The van der Waals surface area contributed by atoms with E-state index in [-0.39, 0.29) is 12.1 Å². The third kappa shape index (κ3) is 7.21. The van der Waals surface area contributed by atoms with Gasteiger partial charge in [0.25, 0.3) is 0 Å². The van der Waals surface area contributed by atoms with Gasteiger partial charge in [-0.2, -0.15) is 0 Å². The van der Waals surface area contributed by atoms with Crippen LogP contribution in [0, 0.1) is 0 Å². The van der Waals surface area contributed by atoms with E-state index in [4.69, 9.17) is 4.74 Å². The molecule has 1 saturated carbocycles. The molecule has 0 aliphatic heterocycles. The topological polar surface area (TPSA) is 41.6 Å². The first-order valence-electron chi connectivity index (χ1n) is 10.7. The molecular formula is C25H34N2O2. The monoisotopic (exact) mass is 394 g/mol. The molecule has 1 fully saturated rings. The second-order valence-corrected chi connectivity index (χ2v) is 9.03. The molecule has 0 heterocycles. The van der Waals surface area contributed by atoms with Crippen molar-refractivity contribution in [2.24, 2.45) is 0 Å². The Labute approximate surface area is 175 Å². The maximum absolute atomic E-state index is 12.1. The third-order valence-electron chi connectivity index (χ3n) is 5.39. The van der Waals surface area contributed by atoms with Crippen molar-refractivity contribution < 1.29 is 9.53 Å². The van der Waals surface area contributed by atoms with Gasteiger partial charge in [-0.3, -0.25) is 4.90 Å². The molecule has 0 aromatic heterocycles. The number of benzene rings is 2. The van der Waals surface area contributed by atoms with E-state index in [0.29, 0.717) is 6.04 Å². The molecule has 1 N–H and O–H groups in total. The van der Waals surface area contributed by atoms with E-state index in [9.17, 15) is 4.79 Å². The summed E-state index contributed by atoms with van der Waals surface area (Å²) in [7, 11) is 0. The number of amides is 1. The average Bonchev–Trinajstić information content (AvgIpc) is 2.68. The number of nitrogens with zero attached hydrogens (tertiary/aromatic N) is 1. The first-order valence-corrected chi connectivity index (χ1v) is 10.7. The SMILES string of the molecule is CC(C)(C)OC(=O)N[C@H]1CC[C@@H](N(Cc2ccccc2)Cc2ccccc2)CC1. The molecule has 4 nitrogen and oxygen atoms in total. The van der Waals surface area contributed by atoms with Crippen LogP contribution in [0.2, 0.25) is 0 Å². The van der Waals surface area contributed by atoms with E-state index in [0.717, 1.165) is 38.8 Å². The molecule has 1 amide bonds. The van der Waals surface area contributed by atoms with Crippen LogP contribution in [-0.2, 0) is 17.8 Å². The summed E-state index contributed by atoms with van der Waals surface area (Å²) >= 11 is 0. The van der Waals surface area contributed by atoms with Gasteiger partial charge in [0, 0.05) is 25.2 Å². The molecule has 0 unspecified atom stereocenters. The number of ether oxygens (including phenoxy) is 1. The quantitative estimate of drug-likeness (QED) is 0.701. The zero-order valence-electron chi connectivity index (χ0n) is 17.9. The highest BCUT2D eigenvalue weighted by Crippen LogP contribution is 2.26. The Balaban J connectivity index is 1.59. The fourth-order valence-electron chi connectivity index (χ4n) is 4.01. The molecule has 0 radical (unpaired) electrons. The molecule has 0 saturated heterocycles. The summed E-state index contributed by atoms with van der Waals surface area (Å²) in [5.41, 5.74) is 2.23. The minimum Gasteiger partial charge on any atom is -0.444 e. The van der Waals surface area contributed by atoms with Crippen molar-refractivity contribution in [3.63, 3.8) is 0 Å². The van der Waals surface area contributed by atoms with Crippen LogP contribution in [0.3, 0.4) is 0 Å². The van der Waals surface area contributed by atoms with Gasteiger partial charge in [0.15, 0.2) is 0 Å². The largest absolute Gasteiger partial charge is 0.444 e. The number of alkyl carbamates (subject to hydrolysis) is 1. The summed E-state index contributed by atoms with van der Waals surface area (Å²) in [4.78, 5) is 14.7. The van der Waals surface area contributed by atoms with Gasteiger partial charge < -0.3 is 10.1 Å². The van der Waals surface area contributed by atoms with Crippen LogP contribution < -0.4 is 5.32 Å². The van der Waals surface area contributed by atoms with Crippen molar-refractivity contribution in [1.29, 1.82) is 0 Å². The first kappa shape index (κ1) is 21.4. The number of carbonyl (C=O) groups is 1. The van der Waals surface area contributed by atoms with Crippen molar-refractivity contribution >= 4 is 6.09 Å². The molecule has 3 rings (SSSR count). The van der Waals surface area contributed by atoms with Gasteiger partial charge in [-0.05, 0) is 57.6 Å². The maximum Gasteiger partial charge on any atom is 0.407 e. The molecule has 1 aliphatic rings. The minimum atomic E-state index is -0.455. The number of hydrogen-bond acceptors (Lipinski definition) is 3. The second kappa shape index (κ2) is 9.93. The summed E-state index contributed by atoms with van der Waals surface area (Å²) in [6, 6.07) is 22.1. The molecule has 4 heteroatoms. The van der Waals surface area contributed by atoms with Crippen molar-refractivity contribution in [3.8, 4) is 0 Å². The lowest BCUT2D eigenvalue weighted by Gasteiger charge is -2.37. The third-order valence-corrected chi connectivity index (χ3v) is 5.39. The number of rotatable bonds is 6. The van der Waals surface area contributed by atoms with Crippen LogP contribution >= 0.6 is 0 Å². The fraction of sp³-hybridized carbons (Fsp3) is 0.480. The maximum atomic E-state index is 12.1. The van der Waals surface area contributed by atoms with Crippen molar-refractivity contribution in [1.82, 2.24) is 10.2 Å². The van der Waals surface area contributed by atoms with Crippen molar-refractivity contribution in [2.75, 3.05) is 0 Å². The van der Waals surface area contributed by atoms with E-state index in [1.165, 1.54) is 11.1 Å². The van der Waals surface area contributed by atoms with Crippen LogP contribution in [0.4, 0.5) is 4.79 Å². The molecule has 1 aliphatic carbocycles. The predicted molar refractivity (Wildman–Crippen MR) is 118 cm³/mol. The van der Waals surface area contributed by atoms with Crippen molar-refractivity contribution in [3.05, 3.63) is 71.8 Å². The lowest BCUT2D eigenvalue weighted by molar-refractivity contribution is 0.0473. The molecule has 0 atom stereocenters. The molecular weight excluding hydrogens is 360 g/mol. The Morgan fingerprint density at radius 3 is 1.83 bits per heavy atom. The van der Waals surface area contributed by atoms with Gasteiger partial charge in [-0.15, -0.1) is 0 Å². The number of carbonyl (C=O) groups excluding carboxylic acids is 1. The van der Waals surface area contributed by atoms with E-state index in [1.807, 2.05) is 20.8 Å². The highest BCUT2D eigenvalue weighted by Gasteiger charge is 2.28. The van der Waals surface area contributed by atoms with Crippen LogP contribution in [0.1, 0.15) is 57.6 Å². The molecule has 0 spiro atoms. The highest BCUT2D eigenvalue weighted by atomic mass is 16.6. The predicted octanol–water partition coefficient (Wildman–Crippen LogP) is 5.52. The van der Waals surface area contributed by atoms with Crippen LogP contribution in [-0.4, -0.2) is 28.7 Å². The first-order chi connectivity index (χ1) is 13.9. The Bertz CT molecular complexity index is 706. The van der Waals surface area contributed by atoms with E-state index < -0.39 is 5.60 Å². The summed E-state index contributed by atoms with van der Waals surface area (Å²) < 4.78 is 5.41.